The van der Waals surface area contributed by atoms with Gasteiger partial charge in [-0.3, -0.25) is 4.79 Å². The Hall–Kier alpha value is -1.83. The van der Waals surface area contributed by atoms with Gasteiger partial charge in [0.15, 0.2) is 0 Å². The molecule has 7 nitrogen and oxygen atoms in total. The van der Waals surface area contributed by atoms with Crippen molar-refractivity contribution in [2.24, 2.45) is 0 Å². The van der Waals surface area contributed by atoms with Gasteiger partial charge in [-0.1, -0.05) is 0 Å². The quantitative estimate of drug-likeness (QED) is 0.528. The maximum Gasteiger partial charge on any atom is 0.319 e. The van der Waals surface area contributed by atoms with Crippen LogP contribution in [0.5, 0.6) is 0 Å². The van der Waals surface area contributed by atoms with Gasteiger partial charge in [0.05, 0.1) is 6.10 Å². The maximum absolute atomic E-state index is 11.8. The Morgan fingerprint density at radius 3 is 2.44 bits per heavy atom. The summed E-state index contributed by atoms with van der Waals surface area (Å²) in [6.45, 7) is 2.11. The van der Waals surface area contributed by atoms with Crippen molar-refractivity contribution >= 4 is 35.7 Å². The molecule has 1 heterocycles. The summed E-state index contributed by atoms with van der Waals surface area (Å²) in [7, 11) is 1.86. The van der Waals surface area contributed by atoms with Crippen molar-refractivity contribution in [3.63, 3.8) is 0 Å². The number of benzene rings is 1. The summed E-state index contributed by atoms with van der Waals surface area (Å²) in [6, 6.07) is 6.80. The Bertz CT molecular complexity index is 533. The first-order chi connectivity index (χ1) is 11.7. The molecule has 0 spiro atoms. The highest BCUT2D eigenvalue weighted by Crippen LogP contribution is 2.14. The highest BCUT2D eigenvalue weighted by molar-refractivity contribution is 5.92. The van der Waals surface area contributed by atoms with Crippen LogP contribution in [0.15, 0.2) is 24.3 Å². The molecule has 1 saturated heterocycles. The van der Waals surface area contributed by atoms with E-state index in [2.05, 4.69) is 21.3 Å². The third-order valence-electron chi connectivity index (χ3n) is 3.77. The Kier molecular flexibility index (Phi) is 9.91. The number of hydrogen-bond donors (Lipinski definition) is 4. The molecule has 4 N–H and O–H groups in total. The fourth-order valence-electron chi connectivity index (χ4n) is 2.47. The summed E-state index contributed by atoms with van der Waals surface area (Å²) in [5, 5.41) is 11.4. The average Bonchev–Trinajstić information content (AvgIpc) is 3.08. The van der Waals surface area contributed by atoms with E-state index < -0.39 is 0 Å². The molecule has 1 fully saturated rings. The normalized spacial score (nSPS) is 16.0. The molecule has 1 atom stereocenters. The summed E-state index contributed by atoms with van der Waals surface area (Å²) in [6.07, 6.45) is 3.44. The van der Waals surface area contributed by atoms with Crippen LogP contribution < -0.4 is 21.3 Å². The monoisotopic (exact) mass is 370 g/mol. The molecule has 1 unspecified atom stereocenters. The van der Waals surface area contributed by atoms with Crippen LogP contribution in [-0.4, -0.2) is 44.8 Å². The number of hydrogen-bond acceptors (Lipinski definition) is 4. The lowest BCUT2D eigenvalue weighted by Gasteiger charge is -2.12. The molecule has 1 aromatic rings. The van der Waals surface area contributed by atoms with E-state index >= 15 is 0 Å². The Morgan fingerprint density at radius 1 is 1.16 bits per heavy atom. The maximum atomic E-state index is 11.8. The molecule has 25 heavy (non-hydrogen) atoms. The van der Waals surface area contributed by atoms with E-state index in [9.17, 15) is 9.59 Å². The fraction of sp³-hybridized carbons (Fsp3) is 0.529. The van der Waals surface area contributed by atoms with Gasteiger partial charge in [-0.15, -0.1) is 12.4 Å². The molecule has 3 amide bonds. The minimum Gasteiger partial charge on any atom is -0.376 e. The highest BCUT2D eigenvalue weighted by atomic mass is 35.5. The SMILES string of the molecule is CNCCCC(=O)Nc1ccc(NC(=O)NCC2CCCO2)cc1.Cl. The Balaban J connectivity index is 0.00000312. The number of carbonyl (C=O) groups is 2. The summed E-state index contributed by atoms with van der Waals surface area (Å²) in [5.41, 5.74) is 1.39. The molecule has 1 aliphatic heterocycles. The van der Waals surface area contributed by atoms with E-state index in [0.717, 1.165) is 38.1 Å². The average molecular weight is 371 g/mol. The molecule has 0 aliphatic carbocycles. The van der Waals surface area contributed by atoms with E-state index in [1.165, 1.54) is 0 Å². The molecule has 1 aliphatic rings. The molecule has 0 saturated carbocycles. The number of halogens is 1. The van der Waals surface area contributed by atoms with Crippen LogP contribution in [0.3, 0.4) is 0 Å². The highest BCUT2D eigenvalue weighted by Gasteiger charge is 2.16. The van der Waals surface area contributed by atoms with Crippen LogP contribution in [0, 0.1) is 0 Å². The largest absolute Gasteiger partial charge is 0.376 e. The number of nitrogens with one attached hydrogen (secondary N) is 4. The molecule has 0 bridgehead atoms. The van der Waals surface area contributed by atoms with Crippen molar-refractivity contribution in [2.75, 3.05) is 37.4 Å². The molecule has 1 aromatic carbocycles. The standard InChI is InChI=1S/C17H26N4O3.ClH/c1-18-10-2-5-16(22)20-13-6-8-14(9-7-13)21-17(23)19-12-15-4-3-11-24-15;/h6-9,15,18H,2-5,10-12H2,1H3,(H,20,22)(H2,19,21,23);1H. The molecule has 8 heteroatoms. The second kappa shape index (κ2) is 11.7. The topological polar surface area (TPSA) is 91.5 Å². The van der Waals surface area contributed by atoms with Crippen molar-refractivity contribution in [2.45, 2.75) is 31.8 Å². The lowest BCUT2D eigenvalue weighted by Crippen LogP contribution is -2.35. The smallest absolute Gasteiger partial charge is 0.319 e. The van der Waals surface area contributed by atoms with Crippen LogP contribution in [0.25, 0.3) is 0 Å². The number of urea groups is 1. The van der Waals surface area contributed by atoms with Gasteiger partial charge in [0.25, 0.3) is 0 Å². The van der Waals surface area contributed by atoms with E-state index in [1.807, 2.05) is 7.05 Å². The summed E-state index contributed by atoms with van der Waals surface area (Å²) in [4.78, 5) is 23.6. The minimum absolute atomic E-state index is 0. The summed E-state index contributed by atoms with van der Waals surface area (Å²) in [5.74, 6) is -0.0136. The van der Waals surface area contributed by atoms with Crippen LogP contribution in [-0.2, 0) is 9.53 Å². The van der Waals surface area contributed by atoms with E-state index in [1.54, 1.807) is 24.3 Å². The lowest BCUT2D eigenvalue weighted by molar-refractivity contribution is -0.116. The number of anilines is 2. The Morgan fingerprint density at radius 2 is 1.84 bits per heavy atom. The predicted molar refractivity (Wildman–Crippen MR) is 101 cm³/mol. The van der Waals surface area contributed by atoms with Gasteiger partial charge in [-0.2, -0.15) is 0 Å². The van der Waals surface area contributed by atoms with Gasteiger partial charge in [-0.25, -0.2) is 4.79 Å². The zero-order chi connectivity index (χ0) is 17.2. The number of rotatable bonds is 8. The van der Waals surface area contributed by atoms with Crippen LogP contribution in [0.2, 0.25) is 0 Å². The van der Waals surface area contributed by atoms with Crippen LogP contribution in [0.4, 0.5) is 16.2 Å². The zero-order valence-corrected chi connectivity index (χ0v) is 15.3. The number of carbonyl (C=O) groups excluding carboxylic acids is 2. The lowest BCUT2D eigenvalue weighted by atomic mass is 10.2. The fourth-order valence-corrected chi connectivity index (χ4v) is 2.47. The van der Waals surface area contributed by atoms with Crippen molar-refractivity contribution in [1.82, 2.24) is 10.6 Å². The predicted octanol–water partition coefficient (Wildman–Crippen LogP) is 2.35. The zero-order valence-electron chi connectivity index (χ0n) is 14.5. The third kappa shape index (κ3) is 8.20. The third-order valence-corrected chi connectivity index (χ3v) is 3.77. The van der Waals surface area contributed by atoms with Gasteiger partial charge in [0.1, 0.15) is 0 Å². The number of ether oxygens (including phenoxy) is 1. The van der Waals surface area contributed by atoms with E-state index in [4.69, 9.17) is 4.74 Å². The molecule has 2 rings (SSSR count). The van der Waals surface area contributed by atoms with Crippen molar-refractivity contribution in [3.05, 3.63) is 24.3 Å². The first kappa shape index (κ1) is 21.2. The number of amides is 3. The van der Waals surface area contributed by atoms with E-state index in [0.29, 0.717) is 18.7 Å². The van der Waals surface area contributed by atoms with Crippen LogP contribution in [0.1, 0.15) is 25.7 Å². The van der Waals surface area contributed by atoms with Gasteiger partial charge < -0.3 is 26.0 Å². The van der Waals surface area contributed by atoms with Gasteiger partial charge >= 0.3 is 6.03 Å². The van der Waals surface area contributed by atoms with Gasteiger partial charge in [-0.05, 0) is 57.1 Å². The van der Waals surface area contributed by atoms with Crippen molar-refractivity contribution in [1.29, 1.82) is 0 Å². The first-order valence-corrected chi connectivity index (χ1v) is 8.38. The second-order valence-electron chi connectivity index (χ2n) is 5.80. The van der Waals surface area contributed by atoms with Crippen LogP contribution >= 0.6 is 12.4 Å². The van der Waals surface area contributed by atoms with Gasteiger partial charge in [0.2, 0.25) is 5.91 Å². The Labute approximate surface area is 154 Å². The van der Waals surface area contributed by atoms with Gasteiger partial charge in [0, 0.05) is 30.9 Å². The van der Waals surface area contributed by atoms with Crippen molar-refractivity contribution < 1.29 is 14.3 Å². The molecular weight excluding hydrogens is 344 g/mol. The summed E-state index contributed by atoms with van der Waals surface area (Å²) < 4.78 is 5.45. The molecule has 0 radical (unpaired) electrons. The summed E-state index contributed by atoms with van der Waals surface area (Å²) >= 11 is 0. The molecule has 0 aromatic heterocycles. The second-order valence-corrected chi connectivity index (χ2v) is 5.80. The molecular formula is C17H27ClN4O3. The molecule has 140 valence electrons. The van der Waals surface area contributed by atoms with E-state index in [-0.39, 0.29) is 30.4 Å². The first-order valence-electron chi connectivity index (χ1n) is 8.38. The van der Waals surface area contributed by atoms with Crippen molar-refractivity contribution in [3.8, 4) is 0 Å². The minimum atomic E-state index is -0.255.